The second kappa shape index (κ2) is 6.08. The fourth-order valence-corrected chi connectivity index (χ4v) is 6.62. The van der Waals surface area contributed by atoms with E-state index < -0.39 is 10.8 Å². The molecule has 4 atom stereocenters. The number of nitrogens with zero attached hydrogens (tertiary/aromatic N) is 1. The first-order valence-corrected chi connectivity index (χ1v) is 9.72. The average molecular weight is 343 g/mol. The summed E-state index contributed by atoms with van der Waals surface area (Å²) < 4.78 is 27.2. The predicted octanol–water partition coefficient (Wildman–Crippen LogP) is 3.64. The first-order chi connectivity index (χ1) is 11.5. The van der Waals surface area contributed by atoms with Gasteiger partial charge < -0.3 is 4.90 Å². The molecule has 1 aliphatic heterocycles. The van der Waals surface area contributed by atoms with Crippen LogP contribution in [0.1, 0.15) is 39.8 Å². The van der Waals surface area contributed by atoms with Crippen molar-refractivity contribution in [3.8, 4) is 0 Å². The Labute approximate surface area is 145 Å². The second-order valence-electron chi connectivity index (χ2n) is 7.19. The molecule has 1 fully saturated rings. The Kier molecular flexibility index (Phi) is 4.05. The van der Waals surface area contributed by atoms with Crippen LogP contribution in [0.15, 0.2) is 42.5 Å². The summed E-state index contributed by atoms with van der Waals surface area (Å²) in [5, 5.41) is 0.0431. The van der Waals surface area contributed by atoms with Crippen molar-refractivity contribution in [3.63, 3.8) is 0 Å². The molecule has 0 radical (unpaired) electrons. The van der Waals surface area contributed by atoms with Gasteiger partial charge in [-0.3, -0.25) is 4.21 Å². The lowest BCUT2D eigenvalue weighted by Gasteiger charge is -2.19. The third-order valence-electron chi connectivity index (χ3n) is 5.28. The Bertz CT molecular complexity index is 804. The number of hydrogen-bond donors (Lipinski definition) is 0. The number of benzene rings is 2. The fraction of sp³-hybridized carbons (Fsp3) is 0.400. The van der Waals surface area contributed by atoms with Gasteiger partial charge in [0.25, 0.3) is 0 Å². The first-order valence-electron chi connectivity index (χ1n) is 8.45. The molecule has 4 heteroatoms. The van der Waals surface area contributed by atoms with Crippen LogP contribution in [0, 0.1) is 5.82 Å². The van der Waals surface area contributed by atoms with Crippen LogP contribution in [0.4, 0.5) is 4.39 Å². The van der Waals surface area contributed by atoms with Gasteiger partial charge in [0.2, 0.25) is 0 Å². The molecule has 2 aliphatic rings. The van der Waals surface area contributed by atoms with Gasteiger partial charge in [-0.2, -0.15) is 0 Å². The molecular weight excluding hydrogens is 321 g/mol. The van der Waals surface area contributed by atoms with Crippen LogP contribution >= 0.6 is 0 Å². The molecule has 0 spiro atoms. The van der Waals surface area contributed by atoms with E-state index in [1.807, 2.05) is 20.2 Å². The van der Waals surface area contributed by atoms with Crippen molar-refractivity contribution in [1.29, 1.82) is 0 Å². The summed E-state index contributed by atoms with van der Waals surface area (Å²) in [5.41, 5.74) is 4.67. The molecular formula is C20H22FNOS. The number of hydrogen-bond acceptors (Lipinski definition) is 2. The van der Waals surface area contributed by atoms with Crippen LogP contribution in [-0.2, 0) is 17.2 Å². The SMILES string of the molecule is CN(C)CC1C[C@@H]2c3ccccc3Cc3ccc(F)cc3[C@H]2S1=O. The maximum atomic E-state index is 13.9. The van der Waals surface area contributed by atoms with E-state index in [2.05, 4.69) is 29.2 Å². The van der Waals surface area contributed by atoms with Crippen molar-refractivity contribution in [2.24, 2.45) is 0 Å². The summed E-state index contributed by atoms with van der Waals surface area (Å²) in [4.78, 5) is 2.10. The van der Waals surface area contributed by atoms with Gasteiger partial charge >= 0.3 is 0 Å². The number of fused-ring (bicyclic) bond motifs is 5. The van der Waals surface area contributed by atoms with E-state index in [4.69, 9.17) is 0 Å². The fourth-order valence-electron chi connectivity index (χ4n) is 4.31. The van der Waals surface area contributed by atoms with Crippen LogP contribution in [0.5, 0.6) is 0 Å². The third-order valence-corrected chi connectivity index (χ3v) is 7.36. The van der Waals surface area contributed by atoms with E-state index >= 15 is 0 Å². The summed E-state index contributed by atoms with van der Waals surface area (Å²) in [7, 11) is 3.05. The normalized spacial score (nSPS) is 28.2. The van der Waals surface area contributed by atoms with Gasteiger partial charge in [0.05, 0.1) is 5.25 Å². The average Bonchev–Trinajstić information content (AvgIpc) is 2.78. The van der Waals surface area contributed by atoms with Crippen LogP contribution in [0.2, 0.25) is 0 Å². The van der Waals surface area contributed by atoms with Crippen molar-refractivity contribution < 1.29 is 8.60 Å². The third kappa shape index (κ3) is 2.62. The molecule has 126 valence electrons. The Hall–Kier alpha value is -1.52. The van der Waals surface area contributed by atoms with Gasteiger partial charge in [0.1, 0.15) is 5.82 Å². The minimum atomic E-state index is -0.994. The Morgan fingerprint density at radius 3 is 2.67 bits per heavy atom. The summed E-state index contributed by atoms with van der Waals surface area (Å²) in [5.74, 6) is -0.0125. The van der Waals surface area contributed by atoms with Crippen molar-refractivity contribution in [2.45, 2.75) is 29.3 Å². The minimum Gasteiger partial charge on any atom is -0.308 e. The van der Waals surface area contributed by atoms with Crippen LogP contribution in [0.25, 0.3) is 0 Å². The molecule has 2 unspecified atom stereocenters. The Morgan fingerprint density at radius 1 is 1.12 bits per heavy atom. The van der Waals surface area contributed by atoms with Gasteiger partial charge in [0, 0.05) is 28.5 Å². The van der Waals surface area contributed by atoms with Crippen molar-refractivity contribution in [2.75, 3.05) is 20.6 Å². The van der Waals surface area contributed by atoms with Crippen LogP contribution in [0.3, 0.4) is 0 Å². The van der Waals surface area contributed by atoms with E-state index in [0.717, 1.165) is 30.5 Å². The summed E-state index contributed by atoms with van der Waals surface area (Å²) in [6.07, 6.45) is 1.71. The smallest absolute Gasteiger partial charge is 0.123 e. The molecule has 1 heterocycles. The van der Waals surface area contributed by atoms with E-state index in [1.54, 1.807) is 6.07 Å². The molecule has 0 aromatic heterocycles. The van der Waals surface area contributed by atoms with E-state index in [1.165, 1.54) is 17.2 Å². The lowest BCUT2D eigenvalue weighted by atomic mass is 9.87. The Balaban J connectivity index is 1.87. The minimum absolute atomic E-state index is 0.0932. The lowest BCUT2D eigenvalue weighted by Crippen LogP contribution is -2.27. The maximum absolute atomic E-state index is 13.9. The van der Waals surface area contributed by atoms with Crippen LogP contribution < -0.4 is 0 Å². The predicted molar refractivity (Wildman–Crippen MR) is 96.2 cm³/mol. The summed E-state index contributed by atoms with van der Waals surface area (Å²) in [6.45, 7) is 0.812. The number of halogens is 1. The van der Waals surface area contributed by atoms with E-state index in [-0.39, 0.29) is 22.2 Å². The first kappa shape index (κ1) is 16.0. The quantitative estimate of drug-likeness (QED) is 0.830. The molecule has 2 nitrogen and oxygen atoms in total. The highest BCUT2D eigenvalue weighted by Gasteiger charge is 2.45. The molecule has 1 aliphatic carbocycles. The zero-order valence-electron chi connectivity index (χ0n) is 14.0. The van der Waals surface area contributed by atoms with Gasteiger partial charge in [0.15, 0.2) is 0 Å². The highest BCUT2D eigenvalue weighted by atomic mass is 32.2. The highest BCUT2D eigenvalue weighted by molar-refractivity contribution is 7.86. The molecule has 0 saturated carbocycles. The second-order valence-corrected chi connectivity index (χ2v) is 9.03. The summed E-state index contributed by atoms with van der Waals surface area (Å²) >= 11 is 0. The molecule has 2 aromatic carbocycles. The van der Waals surface area contributed by atoms with Gasteiger partial charge in [-0.05, 0) is 61.3 Å². The standard InChI is InChI=1S/C20H22FNOS/c1-22(2)12-16-11-19-17-6-4-3-5-13(17)9-14-7-8-15(21)10-18(14)20(19)24(16)23/h3-8,10,16,19-20H,9,11-12H2,1-2H3/t16?,19-,20-,24?/m1/s1. The zero-order chi connectivity index (χ0) is 16.8. The maximum Gasteiger partial charge on any atom is 0.123 e. The molecule has 0 bridgehead atoms. The molecule has 0 N–H and O–H groups in total. The zero-order valence-corrected chi connectivity index (χ0v) is 14.9. The highest BCUT2D eigenvalue weighted by Crippen LogP contribution is 2.51. The van der Waals surface area contributed by atoms with E-state index in [9.17, 15) is 8.60 Å². The molecule has 24 heavy (non-hydrogen) atoms. The summed E-state index contributed by atoms with van der Waals surface area (Å²) in [6, 6.07) is 13.5. The van der Waals surface area contributed by atoms with Crippen molar-refractivity contribution in [3.05, 3.63) is 70.5 Å². The van der Waals surface area contributed by atoms with Gasteiger partial charge in [-0.15, -0.1) is 0 Å². The number of rotatable bonds is 2. The van der Waals surface area contributed by atoms with Crippen LogP contribution in [-0.4, -0.2) is 35.0 Å². The Morgan fingerprint density at radius 2 is 1.88 bits per heavy atom. The molecule has 2 aromatic rings. The molecule has 4 rings (SSSR count). The monoisotopic (exact) mass is 343 g/mol. The molecule has 0 amide bonds. The van der Waals surface area contributed by atoms with Crippen molar-refractivity contribution >= 4 is 10.8 Å². The van der Waals surface area contributed by atoms with Crippen molar-refractivity contribution in [1.82, 2.24) is 4.90 Å². The van der Waals surface area contributed by atoms with Gasteiger partial charge in [-0.1, -0.05) is 30.3 Å². The molecule has 1 saturated heterocycles. The lowest BCUT2D eigenvalue weighted by molar-refractivity contribution is 0.396. The topological polar surface area (TPSA) is 20.3 Å². The van der Waals surface area contributed by atoms with Gasteiger partial charge in [-0.25, -0.2) is 4.39 Å². The largest absolute Gasteiger partial charge is 0.308 e. The van der Waals surface area contributed by atoms with E-state index in [0.29, 0.717) is 0 Å².